The molecule has 206 valence electrons. The maximum absolute atomic E-state index is 13.5. The van der Waals surface area contributed by atoms with Gasteiger partial charge >= 0.3 is 6.03 Å². The zero-order chi connectivity index (χ0) is 26.8. The Morgan fingerprint density at radius 3 is 2.26 bits per heavy atom. The van der Waals surface area contributed by atoms with E-state index in [-0.39, 0.29) is 17.4 Å². The van der Waals surface area contributed by atoms with Gasteiger partial charge in [-0.05, 0) is 55.9 Å². The molecule has 0 N–H and O–H groups in total. The normalized spacial score (nSPS) is 34.6. The van der Waals surface area contributed by atoms with Crippen molar-refractivity contribution in [1.82, 2.24) is 19.6 Å². The molecule has 4 aliphatic heterocycles. The minimum atomic E-state index is -0.687. The SMILES string of the molecule is CC(C)CN1C(=O)N(C)C(=O)C12CC1CCC(C2)N1C[C@H]1CN(C(=O)C2(C)CCC2)C[C@@H]1c1ccccc1. The number of urea groups is 1. The molecule has 1 aliphatic carbocycles. The van der Waals surface area contributed by atoms with Crippen LogP contribution in [-0.4, -0.2) is 88.3 Å². The molecule has 1 aromatic carbocycles. The third-order valence-corrected chi connectivity index (χ3v) is 10.6. The third kappa shape index (κ3) is 3.99. The summed E-state index contributed by atoms with van der Waals surface area (Å²) in [5.41, 5.74) is 0.468. The van der Waals surface area contributed by atoms with Crippen molar-refractivity contribution in [2.24, 2.45) is 17.3 Å². The van der Waals surface area contributed by atoms with Gasteiger partial charge in [-0.2, -0.15) is 0 Å². The van der Waals surface area contributed by atoms with E-state index in [0.29, 0.717) is 42.3 Å². The smallest absolute Gasteiger partial charge is 0.327 e. The van der Waals surface area contributed by atoms with Crippen molar-refractivity contribution in [2.75, 3.05) is 33.2 Å². The summed E-state index contributed by atoms with van der Waals surface area (Å²) in [6.07, 6.45) is 6.80. The number of likely N-dealkylation sites (tertiary alicyclic amines) is 1. The topological polar surface area (TPSA) is 64.2 Å². The lowest BCUT2D eigenvalue weighted by atomic mass is 9.69. The second-order valence-electron chi connectivity index (χ2n) is 13.6. The molecular formula is C31H44N4O3. The van der Waals surface area contributed by atoms with Crippen molar-refractivity contribution in [3.8, 4) is 0 Å². The Morgan fingerprint density at radius 1 is 1.03 bits per heavy atom. The van der Waals surface area contributed by atoms with E-state index in [0.717, 1.165) is 64.6 Å². The number of benzene rings is 1. The molecule has 4 saturated heterocycles. The molecule has 1 spiro atoms. The second-order valence-corrected chi connectivity index (χ2v) is 13.6. The summed E-state index contributed by atoms with van der Waals surface area (Å²) in [7, 11) is 1.65. The Hall–Kier alpha value is -2.41. The van der Waals surface area contributed by atoms with E-state index in [1.54, 1.807) is 7.05 Å². The van der Waals surface area contributed by atoms with Crippen LogP contribution in [0.25, 0.3) is 0 Å². The second kappa shape index (κ2) is 9.35. The fourth-order valence-corrected chi connectivity index (χ4v) is 8.38. The largest absolute Gasteiger partial charge is 0.341 e. The van der Waals surface area contributed by atoms with Crippen LogP contribution in [0.15, 0.2) is 30.3 Å². The monoisotopic (exact) mass is 520 g/mol. The minimum Gasteiger partial charge on any atom is -0.341 e. The van der Waals surface area contributed by atoms with Gasteiger partial charge in [0.1, 0.15) is 5.54 Å². The van der Waals surface area contributed by atoms with Gasteiger partial charge in [0.25, 0.3) is 5.91 Å². The first-order valence-electron chi connectivity index (χ1n) is 14.8. The fourth-order valence-electron chi connectivity index (χ4n) is 8.38. The zero-order valence-corrected chi connectivity index (χ0v) is 23.6. The molecule has 5 aliphatic rings. The van der Waals surface area contributed by atoms with Gasteiger partial charge in [0.15, 0.2) is 0 Å². The van der Waals surface area contributed by atoms with Gasteiger partial charge in [-0.3, -0.25) is 19.4 Å². The average Bonchev–Trinajstić information content (AvgIpc) is 3.46. The maximum atomic E-state index is 13.5. The highest BCUT2D eigenvalue weighted by molar-refractivity contribution is 6.07. The lowest BCUT2D eigenvalue weighted by molar-refractivity contribution is -0.145. The van der Waals surface area contributed by atoms with Crippen LogP contribution >= 0.6 is 0 Å². The van der Waals surface area contributed by atoms with Crippen molar-refractivity contribution >= 4 is 17.8 Å². The number of rotatable bonds is 6. The molecule has 1 aromatic rings. The van der Waals surface area contributed by atoms with E-state index < -0.39 is 5.54 Å². The van der Waals surface area contributed by atoms with Crippen LogP contribution in [0, 0.1) is 17.3 Å². The number of carbonyl (C=O) groups is 3. The van der Waals surface area contributed by atoms with E-state index in [4.69, 9.17) is 0 Å². The predicted molar refractivity (Wildman–Crippen MR) is 146 cm³/mol. The minimum absolute atomic E-state index is 0.00626. The molecule has 7 nitrogen and oxygen atoms in total. The molecule has 2 unspecified atom stereocenters. The Labute approximate surface area is 227 Å². The van der Waals surface area contributed by atoms with Crippen molar-refractivity contribution in [2.45, 2.75) is 89.3 Å². The zero-order valence-electron chi connectivity index (χ0n) is 23.6. The molecule has 0 aromatic heterocycles. The molecular weight excluding hydrogens is 476 g/mol. The summed E-state index contributed by atoms with van der Waals surface area (Å²) in [4.78, 5) is 48.3. The van der Waals surface area contributed by atoms with E-state index in [1.807, 2.05) is 4.90 Å². The number of fused-ring (bicyclic) bond motifs is 2. The van der Waals surface area contributed by atoms with Crippen molar-refractivity contribution in [3.05, 3.63) is 35.9 Å². The van der Waals surface area contributed by atoms with Crippen molar-refractivity contribution in [1.29, 1.82) is 0 Å². The molecule has 4 heterocycles. The average molecular weight is 521 g/mol. The van der Waals surface area contributed by atoms with E-state index in [1.165, 1.54) is 10.5 Å². The van der Waals surface area contributed by atoms with Crippen LogP contribution in [0.4, 0.5) is 4.79 Å². The number of piperidine rings is 1. The Morgan fingerprint density at radius 2 is 1.68 bits per heavy atom. The van der Waals surface area contributed by atoms with Crippen molar-refractivity contribution < 1.29 is 14.4 Å². The molecule has 1 saturated carbocycles. The molecule has 5 fully saturated rings. The summed E-state index contributed by atoms with van der Waals surface area (Å²) in [6.45, 7) is 9.58. The molecule has 2 bridgehead atoms. The van der Waals surface area contributed by atoms with Gasteiger partial charge in [-0.15, -0.1) is 0 Å². The Bertz CT molecular complexity index is 1090. The Balaban J connectivity index is 1.23. The summed E-state index contributed by atoms with van der Waals surface area (Å²) in [5.74, 6) is 1.36. The van der Waals surface area contributed by atoms with Crippen LogP contribution < -0.4 is 0 Å². The summed E-state index contributed by atoms with van der Waals surface area (Å²) < 4.78 is 0. The van der Waals surface area contributed by atoms with Crippen LogP contribution in [0.3, 0.4) is 0 Å². The first-order chi connectivity index (χ1) is 18.1. The van der Waals surface area contributed by atoms with Gasteiger partial charge in [0.05, 0.1) is 0 Å². The maximum Gasteiger partial charge on any atom is 0.327 e. The predicted octanol–water partition coefficient (Wildman–Crippen LogP) is 4.33. The lowest BCUT2D eigenvalue weighted by Gasteiger charge is -2.48. The number of imide groups is 1. The van der Waals surface area contributed by atoms with Gasteiger partial charge < -0.3 is 9.80 Å². The molecule has 4 amide bonds. The highest BCUT2D eigenvalue weighted by Crippen LogP contribution is 2.49. The molecule has 4 atom stereocenters. The van der Waals surface area contributed by atoms with Crippen LogP contribution in [-0.2, 0) is 9.59 Å². The summed E-state index contributed by atoms with van der Waals surface area (Å²) in [5, 5.41) is 0. The number of hydrogen-bond donors (Lipinski definition) is 0. The van der Waals surface area contributed by atoms with Crippen LogP contribution in [0.2, 0.25) is 0 Å². The van der Waals surface area contributed by atoms with E-state index >= 15 is 0 Å². The number of likely N-dealkylation sites (N-methyl/N-ethyl adjacent to an activating group) is 1. The number of carbonyl (C=O) groups excluding carboxylic acids is 3. The van der Waals surface area contributed by atoms with E-state index in [2.05, 4.69) is 60.9 Å². The molecule has 7 heteroatoms. The summed E-state index contributed by atoms with van der Waals surface area (Å²) in [6, 6.07) is 11.2. The fraction of sp³-hybridized carbons (Fsp3) is 0.710. The summed E-state index contributed by atoms with van der Waals surface area (Å²) >= 11 is 0. The lowest BCUT2D eigenvalue weighted by Crippen LogP contribution is -2.61. The first kappa shape index (κ1) is 25.8. The van der Waals surface area contributed by atoms with Gasteiger partial charge in [-0.25, -0.2) is 4.79 Å². The first-order valence-corrected chi connectivity index (χ1v) is 14.8. The number of amides is 4. The quantitative estimate of drug-likeness (QED) is 0.524. The highest BCUT2D eigenvalue weighted by atomic mass is 16.2. The Kier molecular flexibility index (Phi) is 6.36. The van der Waals surface area contributed by atoms with Crippen LogP contribution in [0.1, 0.15) is 77.2 Å². The van der Waals surface area contributed by atoms with Crippen molar-refractivity contribution in [3.63, 3.8) is 0 Å². The molecule has 38 heavy (non-hydrogen) atoms. The molecule has 6 rings (SSSR count). The number of nitrogens with zero attached hydrogens (tertiary/aromatic N) is 4. The van der Waals surface area contributed by atoms with E-state index in [9.17, 15) is 14.4 Å². The third-order valence-electron chi connectivity index (χ3n) is 10.6. The van der Waals surface area contributed by atoms with Gasteiger partial charge in [-0.1, -0.05) is 57.5 Å². The van der Waals surface area contributed by atoms with Crippen LogP contribution in [0.5, 0.6) is 0 Å². The molecule has 0 radical (unpaired) electrons. The van der Waals surface area contributed by atoms with Gasteiger partial charge in [0.2, 0.25) is 5.91 Å². The standard InChI is InChI=1S/C31H44N4O3/c1-21(2)17-35-29(38)32(4)28(37)31(35)15-24-11-12-25(16-31)34(24)19-23-18-33(27(36)30(3)13-8-14-30)20-26(23)22-9-6-5-7-10-22/h5-7,9-10,21,23-26H,8,11-20H2,1-4H3/t23-,24?,25?,26-,31?/m1/s1. The number of hydrogen-bond acceptors (Lipinski definition) is 4. The highest BCUT2D eigenvalue weighted by Gasteiger charge is 2.62. The van der Waals surface area contributed by atoms with Gasteiger partial charge in [0, 0.05) is 56.6 Å².